The fourth-order valence-electron chi connectivity index (χ4n) is 2.87. The summed E-state index contributed by atoms with van der Waals surface area (Å²) >= 11 is 1.37. The van der Waals surface area contributed by atoms with Gasteiger partial charge >= 0.3 is 0 Å². The number of aliphatic imine (C=N–C) groups is 1. The second-order valence-corrected chi connectivity index (χ2v) is 8.87. The van der Waals surface area contributed by atoms with Crippen molar-refractivity contribution >= 4 is 38.4 Å². The largest absolute Gasteiger partial charge is 0.494 e. The summed E-state index contributed by atoms with van der Waals surface area (Å²) in [6, 6.07) is 7.24. The highest BCUT2D eigenvalue weighted by Crippen LogP contribution is 2.41. The molecule has 3 rings (SSSR count). The van der Waals surface area contributed by atoms with Gasteiger partial charge in [0.15, 0.2) is 15.0 Å². The van der Waals surface area contributed by atoms with E-state index in [0.717, 1.165) is 11.4 Å². The van der Waals surface area contributed by atoms with Crippen molar-refractivity contribution in [3.05, 3.63) is 24.3 Å². The van der Waals surface area contributed by atoms with Crippen LogP contribution in [0, 0.1) is 0 Å². The Kier molecular flexibility index (Phi) is 4.37. The maximum Gasteiger partial charge on any atom is 0.244 e. The molecular weight excluding hydrogens is 336 g/mol. The molecule has 8 heteroatoms. The Bertz CT molecular complexity index is 743. The van der Waals surface area contributed by atoms with Crippen molar-refractivity contribution in [1.82, 2.24) is 0 Å². The molecule has 0 saturated carbocycles. The predicted molar refractivity (Wildman–Crippen MR) is 92.0 cm³/mol. The van der Waals surface area contributed by atoms with Crippen LogP contribution in [0.2, 0.25) is 0 Å². The van der Waals surface area contributed by atoms with Gasteiger partial charge in [-0.25, -0.2) is 8.42 Å². The summed E-state index contributed by atoms with van der Waals surface area (Å²) in [7, 11) is -3.04. The number of rotatable bonds is 3. The van der Waals surface area contributed by atoms with Crippen LogP contribution in [0.1, 0.15) is 13.8 Å². The molecule has 0 radical (unpaired) electrons. The number of ether oxygens (including phenoxy) is 1. The Hall–Kier alpha value is -1.54. The first-order valence-corrected chi connectivity index (χ1v) is 10.1. The van der Waals surface area contributed by atoms with Crippen LogP contribution in [0.4, 0.5) is 5.69 Å². The number of hydrogen-bond acceptors (Lipinski definition) is 5. The number of sulfone groups is 1. The third kappa shape index (κ3) is 3.37. The standard InChI is InChI=1S/C15H18N2O4S2/c1-3-21-12-6-4-11(5-7-12)17-13-8-23(19,20)9-14(13)22-15(17)16-10(2)18/h4-7,13-14H,3,8-9H2,1-2H3/t13-,14+/m1/s1. The zero-order valence-corrected chi connectivity index (χ0v) is 14.6. The van der Waals surface area contributed by atoms with E-state index < -0.39 is 9.84 Å². The van der Waals surface area contributed by atoms with Crippen LogP contribution in [0.15, 0.2) is 29.3 Å². The van der Waals surface area contributed by atoms with E-state index in [2.05, 4.69) is 4.99 Å². The molecule has 6 nitrogen and oxygen atoms in total. The smallest absolute Gasteiger partial charge is 0.244 e. The minimum atomic E-state index is -3.04. The van der Waals surface area contributed by atoms with Crippen molar-refractivity contribution in [2.45, 2.75) is 25.1 Å². The lowest BCUT2D eigenvalue weighted by atomic mass is 10.2. The van der Waals surface area contributed by atoms with E-state index >= 15 is 0 Å². The predicted octanol–water partition coefficient (Wildman–Crippen LogP) is 1.71. The third-order valence-electron chi connectivity index (χ3n) is 3.75. The molecule has 2 aliphatic rings. The molecule has 0 bridgehead atoms. The number of carbonyl (C=O) groups excluding carboxylic acids is 1. The zero-order valence-electron chi connectivity index (χ0n) is 12.9. The lowest BCUT2D eigenvalue weighted by molar-refractivity contribution is -0.115. The summed E-state index contributed by atoms with van der Waals surface area (Å²) in [5.41, 5.74) is 0.825. The average molecular weight is 354 g/mol. The number of amides is 1. The normalized spacial score (nSPS) is 27.2. The van der Waals surface area contributed by atoms with Crippen LogP contribution in [0.5, 0.6) is 5.75 Å². The van der Waals surface area contributed by atoms with E-state index in [4.69, 9.17) is 4.74 Å². The monoisotopic (exact) mass is 354 g/mol. The minimum Gasteiger partial charge on any atom is -0.494 e. The van der Waals surface area contributed by atoms with Crippen LogP contribution in [0.3, 0.4) is 0 Å². The number of fused-ring (bicyclic) bond motifs is 1. The molecule has 1 amide bonds. The van der Waals surface area contributed by atoms with E-state index in [1.54, 1.807) is 0 Å². The van der Waals surface area contributed by atoms with E-state index in [0.29, 0.717) is 11.8 Å². The van der Waals surface area contributed by atoms with Crippen molar-refractivity contribution in [3.8, 4) is 5.75 Å². The molecule has 0 aliphatic carbocycles. The molecule has 23 heavy (non-hydrogen) atoms. The van der Waals surface area contributed by atoms with Gasteiger partial charge in [-0.2, -0.15) is 4.99 Å². The molecule has 1 aromatic carbocycles. The van der Waals surface area contributed by atoms with Gasteiger partial charge in [0.25, 0.3) is 0 Å². The summed E-state index contributed by atoms with van der Waals surface area (Å²) in [6.45, 7) is 3.89. The summed E-state index contributed by atoms with van der Waals surface area (Å²) in [5, 5.41) is 0.497. The highest BCUT2D eigenvalue weighted by atomic mass is 32.2. The Balaban J connectivity index is 1.95. The second-order valence-electron chi connectivity index (χ2n) is 5.51. The Morgan fingerprint density at radius 3 is 2.65 bits per heavy atom. The molecule has 2 fully saturated rings. The fraction of sp³-hybridized carbons (Fsp3) is 0.467. The molecule has 0 N–H and O–H groups in total. The molecule has 0 unspecified atom stereocenters. The van der Waals surface area contributed by atoms with E-state index in [-0.39, 0.29) is 28.7 Å². The summed E-state index contributed by atoms with van der Waals surface area (Å²) in [5.74, 6) is 0.691. The van der Waals surface area contributed by atoms with Gasteiger partial charge in [-0.15, -0.1) is 0 Å². The minimum absolute atomic E-state index is 0.0790. The molecule has 124 valence electrons. The van der Waals surface area contributed by atoms with Crippen LogP contribution in [-0.4, -0.2) is 48.9 Å². The molecule has 2 heterocycles. The number of amidine groups is 1. The van der Waals surface area contributed by atoms with Gasteiger partial charge in [-0.3, -0.25) is 4.79 Å². The molecule has 2 saturated heterocycles. The first-order chi connectivity index (χ1) is 10.9. The zero-order chi connectivity index (χ0) is 16.6. The number of thioether (sulfide) groups is 1. The van der Waals surface area contributed by atoms with Crippen molar-refractivity contribution < 1.29 is 17.9 Å². The summed E-state index contributed by atoms with van der Waals surface area (Å²) < 4.78 is 29.3. The van der Waals surface area contributed by atoms with Gasteiger partial charge < -0.3 is 9.64 Å². The fourth-order valence-corrected chi connectivity index (χ4v) is 6.83. The topological polar surface area (TPSA) is 76.0 Å². The number of anilines is 1. The maximum absolute atomic E-state index is 11.9. The van der Waals surface area contributed by atoms with Crippen molar-refractivity contribution in [2.24, 2.45) is 4.99 Å². The summed E-state index contributed by atoms with van der Waals surface area (Å²) in [4.78, 5) is 17.3. The molecular formula is C15H18N2O4S2. The quantitative estimate of drug-likeness (QED) is 0.822. The van der Waals surface area contributed by atoms with Gasteiger partial charge in [0.05, 0.1) is 24.2 Å². The highest BCUT2D eigenvalue weighted by molar-refractivity contribution is 8.16. The average Bonchev–Trinajstić information content (AvgIpc) is 2.90. The molecule has 2 atom stereocenters. The van der Waals surface area contributed by atoms with Gasteiger partial charge in [0, 0.05) is 17.9 Å². The third-order valence-corrected chi connectivity index (χ3v) is 6.96. The van der Waals surface area contributed by atoms with Crippen molar-refractivity contribution in [1.29, 1.82) is 0 Å². The summed E-state index contributed by atoms with van der Waals surface area (Å²) in [6.07, 6.45) is 0. The van der Waals surface area contributed by atoms with Crippen LogP contribution in [0.25, 0.3) is 0 Å². The second kappa shape index (κ2) is 6.16. The van der Waals surface area contributed by atoms with E-state index in [1.165, 1.54) is 18.7 Å². The molecule has 2 aliphatic heterocycles. The number of nitrogens with zero attached hydrogens (tertiary/aromatic N) is 2. The van der Waals surface area contributed by atoms with Gasteiger partial charge in [0.1, 0.15) is 5.75 Å². The lowest BCUT2D eigenvalue weighted by Gasteiger charge is -2.24. The first kappa shape index (κ1) is 16.3. The SMILES string of the molecule is CCOc1ccc(N2C(=NC(C)=O)S[C@H]3CS(=O)(=O)C[C@H]32)cc1. The van der Waals surface area contributed by atoms with Crippen LogP contribution in [-0.2, 0) is 14.6 Å². The first-order valence-electron chi connectivity index (χ1n) is 7.38. The van der Waals surface area contributed by atoms with E-state index in [9.17, 15) is 13.2 Å². The Morgan fingerprint density at radius 2 is 2.04 bits per heavy atom. The highest BCUT2D eigenvalue weighted by Gasteiger charge is 2.49. The Morgan fingerprint density at radius 1 is 1.35 bits per heavy atom. The van der Waals surface area contributed by atoms with Gasteiger partial charge in [0.2, 0.25) is 5.91 Å². The van der Waals surface area contributed by atoms with E-state index in [1.807, 2.05) is 36.1 Å². The maximum atomic E-state index is 11.9. The molecule has 0 spiro atoms. The van der Waals surface area contributed by atoms with Crippen LogP contribution >= 0.6 is 11.8 Å². The lowest BCUT2D eigenvalue weighted by Crippen LogP contribution is -2.37. The van der Waals surface area contributed by atoms with Crippen molar-refractivity contribution in [2.75, 3.05) is 23.0 Å². The van der Waals surface area contributed by atoms with Crippen molar-refractivity contribution in [3.63, 3.8) is 0 Å². The number of benzene rings is 1. The number of hydrogen-bond donors (Lipinski definition) is 0. The van der Waals surface area contributed by atoms with Crippen LogP contribution < -0.4 is 9.64 Å². The molecule has 0 aromatic heterocycles. The molecule has 1 aromatic rings. The van der Waals surface area contributed by atoms with Gasteiger partial charge in [-0.05, 0) is 31.2 Å². The Labute approximate surface area is 139 Å². The number of carbonyl (C=O) groups is 1. The van der Waals surface area contributed by atoms with Gasteiger partial charge in [-0.1, -0.05) is 11.8 Å².